The monoisotopic (exact) mass is 302 g/mol. The molecule has 19 heavy (non-hydrogen) atoms. The molecule has 0 N–H and O–H groups in total. The number of benzene rings is 1. The van der Waals surface area contributed by atoms with Crippen molar-refractivity contribution in [2.45, 2.75) is 6.54 Å². The zero-order valence-electron chi connectivity index (χ0n) is 10.7. The number of rotatable bonds is 4. The Morgan fingerprint density at radius 3 is 2.42 bits per heavy atom. The average Bonchev–Trinajstić information content (AvgIpc) is 2.34. The summed E-state index contributed by atoms with van der Waals surface area (Å²) < 4.78 is 13.0. The molecule has 1 aliphatic rings. The van der Waals surface area contributed by atoms with Crippen molar-refractivity contribution in [3.8, 4) is 0 Å². The van der Waals surface area contributed by atoms with Crippen molar-refractivity contribution in [2.75, 3.05) is 32.7 Å². The fourth-order valence-corrected chi connectivity index (χ4v) is 2.63. The van der Waals surface area contributed by atoms with Gasteiger partial charge in [-0.1, -0.05) is 35.8 Å². The maximum Gasteiger partial charge on any atom is 0.124 e. The molecule has 1 saturated heterocycles. The lowest BCUT2D eigenvalue weighted by Crippen LogP contribution is -2.46. The van der Waals surface area contributed by atoms with E-state index in [9.17, 15) is 4.39 Å². The number of halogens is 3. The summed E-state index contributed by atoms with van der Waals surface area (Å²) in [5, 5.41) is 1.17. The molecule has 0 atom stereocenters. The third-order valence-corrected chi connectivity index (χ3v) is 3.74. The van der Waals surface area contributed by atoms with Crippen LogP contribution in [0.3, 0.4) is 0 Å². The molecule has 0 spiro atoms. The Labute approximate surface area is 123 Å². The van der Waals surface area contributed by atoms with Gasteiger partial charge in [0, 0.05) is 49.3 Å². The predicted octanol–water partition coefficient (Wildman–Crippen LogP) is 3.35. The minimum absolute atomic E-state index is 0.292. The number of piperazine rings is 1. The highest BCUT2D eigenvalue weighted by Crippen LogP contribution is 2.19. The summed E-state index contributed by atoms with van der Waals surface area (Å²) in [4.78, 5) is 4.59. The molecule has 0 radical (unpaired) electrons. The van der Waals surface area contributed by atoms with Crippen LogP contribution in [-0.2, 0) is 6.54 Å². The van der Waals surface area contributed by atoms with Crippen LogP contribution in [0, 0.1) is 5.82 Å². The van der Waals surface area contributed by atoms with Crippen molar-refractivity contribution >= 4 is 23.2 Å². The number of hydrogen-bond donors (Lipinski definition) is 0. The van der Waals surface area contributed by atoms with E-state index in [4.69, 9.17) is 23.2 Å². The molecule has 1 heterocycles. The first-order valence-corrected chi connectivity index (χ1v) is 7.02. The highest BCUT2D eigenvalue weighted by atomic mass is 35.5. The van der Waals surface area contributed by atoms with E-state index in [-0.39, 0.29) is 5.82 Å². The summed E-state index contributed by atoms with van der Waals surface area (Å²) in [5.74, 6) is -0.292. The molecule has 2 nitrogen and oxygen atoms in total. The van der Waals surface area contributed by atoms with Gasteiger partial charge < -0.3 is 0 Å². The van der Waals surface area contributed by atoms with E-state index in [2.05, 4.69) is 16.4 Å². The molecule has 0 amide bonds. The van der Waals surface area contributed by atoms with Crippen molar-refractivity contribution < 1.29 is 4.39 Å². The summed E-state index contributed by atoms with van der Waals surface area (Å²) in [6.45, 7) is 9.05. The lowest BCUT2D eigenvalue weighted by atomic mass is 10.2. The zero-order valence-corrected chi connectivity index (χ0v) is 12.2. The van der Waals surface area contributed by atoms with Gasteiger partial charge >= 0.3 is 0 Å². The number of hydrogen-bond acceptors (Lipinski definition) is 2. The standard InChI is InChI=1S/C14H17Cl2FN2/c1-11(15)9-18-4-6-19(7-5-18)10-12-2-3-13(17)8-14(12)16/h2-3,8H,1,4-7,9-10H2. The molecule has 1 aliphatic heterocycles. The largest absolute Gasteiger partial charge is 0.296 e. The summed E-state index contributed by atoms with van der Waals surface area (Å²) in [5.41, 5.74) is 0.971. The molecule has 0 aromatic heterocycles. The molecule has 1 aromatic carbocycles. The van der Waals surface area contributed by atoms with Crippen LogP contribution in [0.5, 0.6) is 0 Å². The molecule has 2 rings (SSSR count). The van der Waals surface area contributed by atoms with Crippen molar-refractivity contribution in [1.82, 2.24) is 9.80 Å². The van der Waals surface area contributed by atoms with Crippen LogP contribution in [0.2, 0.25) is 5.02 Å². The summed E-state index contributed by atoms with van der Waals surface area (Å²) in [6.07, 6.45) is 0. The van der Waals surface area contributed by atoms with E-state index in [1.54, 1.807) is 6.07 Å². The molecule has 1 fully saturated rings. The Morgan fingerprint density at radius 2 is 1.84 bits per heavy atom. The molecule has 0 unspecified atom stereocenters. The number of nitrogens with zero attached hydrogens (tertiary/aromatic N) is 2. The van der Waals surface area contributed by atoms with Crippen LogP contribution in [0.4, 0.5) is 4.39 Å². The minimum atomic E-state index is -0.292. The maximum atomic E-state index is 13.0. The van der Waals surface area contributed by atoms with Gasteiger partial charge in [0.15, 0.2) is 0 Å². The maximum absolute atomic E-state index is 13.0. The second kappa shape index (κ2) is 6.71. The molecule has 104 valence electrons. The van der Waals surface area contributed by atoms with Crippen LogP contribution < -0.4 is 0 Å². The summed E-state index contributed by atoms with van der Waals surface area (Å²) >= 11 is 11.9. The van der Waals surface area contributed by atoms with E-state index in [0.29, 0.717) is 10.1 Å². The highest BCUT2D eigenvalue weighted by molar-refractivity contribution is 6.31. The van der Waals surface area contributed by atoms with Crippen LogP contribution in [0.1, 0.15) is 5.56 Å². The van der Waals surface area contributed by atoms with Crippen molar-refractivity contribution in [3.63, 3.8) is 0 Å². The zero-order chi connectivity index (χ0) is 13.8. The Kier molecular flexibility index (Phi) is 5.22. The molecule has 0 bridgehead atoms. The molecular formula is C14H17Cl2FN2. The van der Waals surface area contributed by atoms with Crippen molar-refractivity contribution in [1.29, 1.82) is 0 Å². The quantitative estimate of drug-likeness (QED) is 0.841. The van der Waals surface area contributed by atoms with Gasteiger partial charge in [0.05, 0.1) is 0 Å². The molecular weight excluding hydrogens is 286 g/mol. The van der Waals surface area contributed by atoms with Gasteiger partial charge in [-0.15, -0.1) is 0 Å². The van der Waals surface area contributed by atoms with Gasteiger partial charge in [0.1, 0.15) is 5.82 Å². The van der Waals surface area contributed by atoms with Gasteiger partial charge in [-0.05, 0) is 17.7 Å². The first-order chi connectivity index (χ1) is 9.04. The highest BCUT2D eigenvalue weighted by Gasteiger charge is 2.17. The van der Waals surface area contributed by atoms with Gasteiger partial charge in [-0.3, -0.25) is 9.80 Å². The van der Waals surface area contributed by atoms with E-state index in [0.717, 1.165) is 44.8 Å². The molecule has 0 aliphatic carbocycles. The average molecular weight is 303 g/mol. The van der Waals surface area contributed by atoms with Crippen LogP contribution in [0.25, 0.3) is 0 Å². The molecule has 1 aromatic rings. The Hall–Kier alpha value is -0.610. The predicted molar refractivity (Wildman–Crippen MR) is 78.1 cm³/mol. The fourth-order valence-electron chi connectivity index (χ4n) is 2.24. The van der Waals surface area contributed by atoms with Crippen molar-refractivity contribution in [2.24, 2.45) is 0 Å². The van der Waals surface area contributed by atoms with Gasteiger partial charge in [-0.25, -0.2) is 4.39 Å². The second-order valence-electron chi connectivity index (χ2n) is 4.81. The third-order valence-electron chi connectivity index (χ3n) is 3.27. The van der Waals surface area contributed by atoms with Gasteiger partial charge in [0.2, 0.25) is 0 Å². The third kappa shape index (κ3) is 4.46. The lowest BCUT2D eigenvalue weighted by Gasteiger charge is -2.34. The first-order valence-electron chi connectivity index (χ1n) is 6.26. The Bertz CT molecular complexity index is 457. The minimum Gasteiger partial charge on any atom is -0.296 e. The Balaban J connectivity index is 1.87. The van der Waals surface area contributed by atoms with E-state index in [1.807, 2.05) is 0 Å². The molecule has 0 saturated carbocycles. The van der Waals surface area contributed by atoms with Gasteiger partial charge in [-0.2, -0.15) is 0 Å². The Morgan fingerprint density at radius 1 is 1.21 bits per heavy atom. The van der Waals surface area contributed by atoms with E-state index in [1.165, 1.54) is 12.1 Å². The smallest absolute Gasteiger partial charge is 0.124 e. The van der Waals surface area contributed by atoms with Crippen LogP contribution in [-0.4, -0.2) is 42.5 Å². The van der Waals surface area contributed by atoms with Crippen LogP contribution >= 0.6 is 23.2 Å². The lowest BCUT2D eigenvalue weighted by molar-refractivity contribution is 0.136. The summed E-state index contributed by atoms with van der Waals surface area (Å²) in [7, 11) is 0. The molecule has 5 heteroatoms. The first kappa shape index (κ1) is 14.8. The summed E-state index contributed by atoms with van der Waals surface area (Å²) in [6, 6.07) is 4.57. The van der Waals surface area contributed by atoms with Crippen molar-refractivity contribution in [3.05, 3.63) is 46.2 Å². The van der Waals surface area contributed by atoms with E-state index >= 15 is 0 Å². The van der Waals surface area contributed by atoms with Crippen LogP contribution in [0.15, 0.2) is 29.8 Å². The topological polar surface area (TPSA) is 6.48 Å². The normalized spacial score (nSPS) is 17.6. The second-order valence-corrected chi connectivity index (χ2v) is 5.75. The fraction of sp³-hybridized carbons (Fsp3) is 0.429. The van der Waals surface area contributed by atoms with E-state index < -0.39 is 0 Å². The SMILES string of the molecule is C=C(Cl)CN1CCN(Cc2ccc(F)cc2Cl)CC1. The van der Waals surface area contributed by atoms with Gasteiger partial charge in [0.25, 0.3) is 0 Å².